The summed E-state index contributed by atoms with van der Waals surface area (Å²) >= 11 is 0. The number of hydrogen-bond acceptors (Lipinski definition) is 3. The summed E-state index contributed by atoms with van der Waals surface area (Å²) in [6, 6.07) is 58.3. The summed E-state index contributed by atoms with van der Waals surface area (Å²) in [7, 11) is 0. The monoisotopic (exact) mass is 621 g/mol. The maximum absolute atomic E-state index is 3.54. The SMILES string of the molecule is Cc1cccc(Nc2ccc(-c3cc(-c4ccc(Nc5cccc(C)c5)cc4)cc(-c4ccc(Nc5cccc(C)c5)cc4)c3)cc2)c1. The second-order valence-corrected chi connectivity index (χ2v) is 12.5. The van der Waals surface area contributed by atoms with E-state index in [1.54, 1.807) is 0 Å². The lowest BCUT2D eigenvalue weighted by atomic mass is 9.93. The zero-order valence-electron chi connectivity index (χ0n) is 27.6. The topological polar surface area (TPSA) is 36.1 Å². The van der Waals surface area contributed by atoms with Crippen LogP contribution in [0, 0.1) is 20.8 Å². The highest BCUT2D eigenvalue weighted by molar-refractivity contribution is 5.83. The third-order valence-corrected chi connectivity index (χ3v) is 8.51. The Morgan fingerprint density at radius 1 is 0.250 bits per heavy atom. The molecule has 0 fully saturated rings. The molecule has 0 unspecified atom stereocenters. The highest BCUT2D eigenvalue weighted by Crippen LogP contribution is 2.35. The molecule has 3 N–H and O–H groups in total. The van der Waals surface area contributed by atoms with E-state index in [-0.39, 0.29) is 0 Å². The van der Waals surface area contributed by atoms with Crippen molar-refractivity contribution in [1.82, 2.24) is 0 Å². The van der Waals surface area contributed by atoms with Crippen LogP contribution in [0.1, 0.15) is 16.7 Å². The summed E-state index contributed by atoms with van der Waals surface area (Å²) in [5.74, 6) is 0. The van der Waals surface area contributed by atoms with Crippen molar-refractivity contribution in [2.45, 2.75) is 20.8 Å². The number of anilines is 6. The minimum atomic E-state index is 1.06. The van der Waals surface area contributed by atoms with E-state index in [9.17, 15) is 0 Å². The van der Waals surface area contributed by atoms with Crippen LogP contribution in [0.4, 0.5) is 34.1 Å². The van der Waals surface area contributed by atoms with Gasteiger partial charge in [-0.1, -0.05) is 72.8 Å². The number of rotatable bonds is 9. The Bertz CT molecular complexity index is 1900. The predicted octanol–water partition coefficient (Wildman–Crippen LogP) is 12.8. The molecule has 7 aromatic carbocycles. The third kappa shape index (κ3) is 7.49. The lowest BCUT2D eigenvalue weighted by Crippen LogP contribution is -1.92. The average Bonchev–Trinajstić information content (AvgIpc) is 3.09. The zero-order chi connectivity index (χ0) is 32.9. The lowest BCUT2D eigenvalue weighted by molar-refractivity contribution is 1.45. The molecule has 0 saturated carbocycles. The summed E-state index contributed by atoms with van der Waals surface area (Å²) in [5, 5.41) is 10.6. The zero-order valence-corrected chi connectivity index (χ0v) is 27.6. The van der Waals surface area contributed by atoms with Gasteiger partial charge in [-0.2, -0.15) is 0 Å². The molecule has 0 bridgehead atoms. The third-order valence-electron chi connectivity index (χ3n) is 8.51. The standard InChI is InChI=1S/C45H39N3/c1-31-7-4-10-43(25-31)46-40-19-13-34(14-20-40)37-28-38(35-15-21-41(22-16-35)47-44-11-5-8-32(2)26-44)30-39(29-37)36-17-23-42(24-18-36)48-45-12-6-9-33(3)27-45/h4-30,46-48H,1-3H3. The lowest BCUT2D eigenvalue weighted by Gasteiger charge is -2.14. The van der Waals surface area contributed by atoms with Crippen LogP contribution in [0.5, 0.6) is 0 Å². The molecule has 0 aliphatic rings. The van der Waals surface area contributed by atoms with Gasteiger partial charge in [0.2, 0.25) is 0 Å². The largest absolute Gasteiger partial charge is 0.356 e. The van der Waals surface area contributed by atoms with Crippen LogP contribution in [0.25, 0.3) is 33.4 Å². The first-order chi connectivity index (χ1) is 23.4. The van der Waals surface area contributed by atoms with Gasteiger partial charge in [-0.3, -0.25) is 0 Å². The van der Waals surface area contributed by atoms with Crippen LogP contribution >= 0.6 is 0 Å². The van der Waals surface area contributed by atoms with Gasteiger partial charge in [0, 0.05) is 34.1 Å². The fourth-order valence-electron chi connectivity index (χ4n) is 6.03. The van der Waals surface area contributed by atoms with Crippen molar-refractivity contribution in [3.05, 3.63) is 180 Å². The van der Waals surface area contributed by atoms with E-state index in [0.29, 0.717) is 0 Å². The smallest absolute Gasteiger partial charge is 0.0386 e. The molecule has 0 aliphatic carbocycles. The summed E-state index contributed by atoms with van der Waals surface area (Å²) < 4.78 is 0. The van der Waals surface area contributed by atoms with Crippen LogP contribution in [0.3, 0.4) is 0 Å². The van der Waals surface area contributed by atoms with Gasteiger partial charge < -0.3 is 16.0 Å². The van der Waals surface area contributed by atoms with Crippen molar-refractivity contribution in [1.29, 1.82) is 0 Å². The Kier molecular flexibility index (Phi) is 8.76. The fraction of sp³-hybridized carbons (Fsp3) is 0.0667. The second-order valence-electron chi connectivity index (χ2n) is 12.5. The van der Waals surface area contributed by atoms with Gasteiger partial charge in [-0.05, 0) is 162 Å². The van der Waals surface area contributed by atoms with Crippen molar-refractivity contribution in [2.24, 2.45) is 0 Å². The number of benzene rings is 7. The molecule has 7 aromatic rings. The van der Waals surface area contributed by atoms with Crippen LogP contribution in [0.2, 0.25) is 0 Å². The molecule has 0 aliphatic heterocycles. The Morgan fingerprint density at radius 3 is 0.771 bits per heavy atom. The average molecular weight is 622 g/mol. The Hall–Kier alpha value is -6.06. The minimum Gasteiger partial charge on any atom is -0.356 e. The normalized spacial score (nSPS) is 10.8. The molecule has 7 rings (SSSR count). The van der Waals surface area contributed by atoms with Crippen LogP contribution in [-0.4, -0.2) is 0 Å². The second kappa shape index (κ2) is 13.7. The molecule has 0 atom stereocenters. The summed E-state index contributed by atoms with van der Waals surface area (Å²) in [6.07, 6.45) is 0. The van der Waals surface area contributed by atoms with Crippen molar-refractivity contribution < 1.29 is 0 Å². The van der Waals surface area contributed by atoms with Gasteiger partial charge in [0.15, 0.2) is 0 Å². The van der Waals surface area contributed by atoms with Crippen molar-refractivity contribution >= 4 is 34.1 Å². The molecule has 0 saturated heterocycles. The molecular formula is C45H39N3. The quantitative estimate of drug-likeness (QED) is 0.150. The van der Waals surface area contributed by atoms with E-state index < -0.39 is 0 Å². The van der Waals surface area contributed by atoms with Gasteiger partial charge in [0.05, 0.1) is 0 Å². The fourth-order valence-corrected chi connectivity index (χ4v) is 6.03. The number of nitrogens with one attached hydrogen (secondary N) is 3. The number of hydrogen-bond donors (Lipinski definition) is 3. The Balaban J connectivity index is 1.20. The molecule has 3 nitrogen and oxygen atoms in total. The molecule has 0 heterocycles. The summed E-state index contributed by atoms with van der Waals surface area (Å²) in [5.41, 5.74) is 17.2. The Labute approximate surface area is 284 Å². The van der Waals surface area contributed by atoms with Crippen LogP contribution < -0.4 is 16.0 Å². The highest BCUT2D eigenvalue weighted by Gasteiger charge is 2.09. The first-order valence-corrected chi connectivity index (χ1v) is 16.4. The van der Waals surface area contributed by atoms with E-state index in [1.807, 2.05) is 0 Å². The summed E-state index contributed by atoms with van der Waals surface area (Å²) in [6.45, 7) is 6.34. The van der Waals surface area contributed by atoms with Gasteiger partial charge in [-0.25, -0.2) is 0 Å². The first kappa shape index (κ1) is 30.6. The van der Waals surface area contributed by atoms with Crippen molar-refractivity contribution in [3.63, 3.8) is 0 Å². The van der Waals surface area contributed by atoms with Crippen LogP contribution in [0.15, 0.2) is 164 Å². The van der Waals surface area contributed by atoms with E-state index in [0.717, 1.165) is 34.1 Å². The predicted molar refractivity (Wildman–Crippen MR) is 206 cm³/mol. The molecule has 0 radical (unpaired) electrons. The van der Waals surface area contributed by atoms with Crippen molar-refractivity contribution in [3.8, 4) is 33.4 Å². The Morgan fingerprint density at radius 2 is 0.521 bits per heavy atom. The van der Waals surface area contributed by atoms with Gasteiger partial charge in [0.1, 0.15) is 0 Å². The maximum atomic E-state index is 3.54. The van der Waals surface area contributed by atoms with Gasteiger partial charge in [-0.15, -0.1) is 0 Å². The van der Waals surface area contributed by atoms with Gasteiger partial charge >= 0.3 is 0 Å². The summed E-state index contributed by atoms with van der Waals surface area (Å²) in [4.78, 5) is 0. The minimum absolute atomic E-state index is 1.06. The number of aryl methyl sites for hydroxylation is 3. The van der Waals surface area contributed by atoms with E-state index >= 15 is 0 Å². The molecule has 0 spiro atoms. The maximum Gasteiger partial charge on any atom is 0.0386 e. The molecule has 3 heteroatoms. The molecule has 234 valence electrons. The molecule has 0 amide bonds. The first-order valence-electron chi connectivity index (χ1n) is 16.4. The van der Waals surface area contributed by atoms with E-state index in [2.05, 4.69) is 201 Å². The van der Waals surface area contributed by atoms with E-state index in [4.69, 9.17) is 0 Å². The van der Waals surface area contributed by atoms with Gasteiger partial charge in [0.25, 0.3) is 0 Å². The molecular weight excluding hydrogens is 583 g/mol. The molecule has 48 heavy (non-hydrogen) atoms. The van der Waals surface area contributed by atoms with Crippen LogP contribution in [-0.2, 0) is 0 Å². The highest BCUT2D eigenvalue weighted by atomic mass is 14.9. The van der Waals surface area contributed by atoms with E-state index in [1.165, 1.54) is 50.1 Å². The van der Waals surface area contributed by atoms with Crippen molar-refractivity contribution in [2.75, 3.05) is 16.0 Å². The molecule has 0 aromatic heterocycles.